The van der Waals surface area contributed by atoms with E-state index in [1.54, 1.807) is 6.07 Å². The van der Waals surface area contributed by atoms with Crippen molar-refractivity contribution in [2.24, 2.45) is 0 Å². The molecule has 1 aromatic heterocycles. The second kappa shape index (κ2) is 7.31. The summed E-state index contributed by atoms with van der Waals surface area (Å²) in [7, 11) is 0. The summed E-state index contributed by atoms with van der Waals surface area (Å²) < 4.78 is 30.9. The molecule has 1 heterocycles. The van der Waals surface area contributed by atoms with E-state index in [0.717, 1.165) is 17.0 Å². The summed E-state index contributed by atoms with van der Waals surface area (Å²) in [4.78, 5) is 0. The molecule has 1 aromatic carbocycles. The van der Waals surface area contributed by atoms with E-state index in [4.69, 9.17) is 4.42 Å². The van der Waals surface area contributed by atoms with Crippen molar-refractivity contribution in [3.8, 4) is 0 Å². The summed E-state index contributed by atoms with van der Waals surface area (Å²) in [6, 6.07) is 9.70. The number of nitrogens with one attached hydrogen (secondary N) is 1. The average molecular weight is 409 g/mol. The van der Waals surface area contributed by atoms with Gasteiger partial charge in [-0.1, -0.05) is 11.8 Å². The van der Waals surface area contributed by atoms with Gasteiger partial charge in [-0.15, -0.1) is 0 Å². The molecule has 0 amide bonds. The first-order chi connectivity index (χ1) is 9.54. The van der Waals surface area contributed by atoms with Crippen molar-refractivity contribution in [3.63, 3.8) is 0 Å². The van der Waals surface area contributed by atoms with E-state index in [-0.39, 0.29) is 5.75 Å². The number of halogens is 3. The lowest BCUT2D eigenvalue weighted by molar-refractivity contribution is 0.251. The minimum Gasteiger partial charge on any atom is -0.463 e. The van der Waals surface area contributed by atoms with Crippen molar-refractivity contribution in [1.82, 2.24) is 0 Å². The lowest BCUT2D eigenvalue weighted by atomic mass is 10.2. The van der Waals surface area contributed by atoms with Crippen LogP contribution < -0.4 is 5.32 Å². The average Bonchev–Trinajstić information content (AvgIpc) is 2.83. The SMILES string of the molecule is Cc1cc(I)ccc1NCc1ccc(CSC(F)F)o1. The quantitative estimate of drug-likeness (QED) is 0.659. The van der Waals surface area contributed by atoms with Crippen molar-refractivity contribution in [1.29, 1.82) is 0 Å². The first-order valence-electron chi connectivity index (χ1n) is 6.02. The van der Waals surface area contributed by atoms with Crippen LogP contribution in [0.5, 0.6) is 0 Å². The molecule has 0 aliphatic heterocycles. The summed E-state index contributed by atoms with van der Waals surface area (Å²) in [6.07, 6.45) is 0. The fraction of sp³-hybridized carbons (Fsp3) is 0.286. The maximum atomic E-state index is 12.1. The molecule has 0 atom stereocenters. The molecular weight excluding hydrogens is 395 g/mol. The van der Waals surface area contributed by atoms with Crippen LogP contribution in [0, 0.1) is 10.5 Å². The summed E-state index contributed by atoms with van der Waals surface area (Å²) in [5.41, 5.74) is 2.21. The zero-order valence-electron chi connectivity index (χ0n) is 10.8. The van der Waals surface area contributed by atoms with E-state index in [1.807, 2.05) is 25.1 Å². The highest BCUT2D eigenvalue weighted by atomic mass is 127. The van der Waals surface area contributed by atoms with Gasteiger partial charge in [0, 0.05) is 9.26 Å². The van der Waals surface area contributed by atoms with Crippen molar-refractivity contribution < 1.29 is 13.2 Å². The van der Waals surface area contributed by atoms with Crippen LogP contribution in [0.2, 0.25) is 0 Å². The van der Waals surface area contributed by atoms with Gasteiger partial charge in [0.15, 0.2) is 0 Å². The highest BCUT2D eigenvalue weighted by Gasteiger charge is 2.07. The molecule has 0 unspecified atom stereocenters. The fourth-order valence-corrected chi connectivity index (χ4v) is 2.84. The Kier molecular flexibility index (Phi) is 5.71. The van der Waals surface area contributed by atoms with Crippen LogP contribution in [0.25, 0.3) is 0 Å². The maximum absolute atomic E-state index is 12.1. The molecule has 0 aliphatic carbocycles. The Morgan fingerprint density at radius 2 is 2.00 bits per heavy atom. The molecule has 0 aliphatic rings. The zero-order chi connectivity index (χ0) is 14.5. The Labute approximate surface area is 134 Å². The van der Waals surface area contributed by atoms with Gasteiger partial charge in [-0.2, -0.15) is 8.78 Å². The number of alkyl halides is 2. The number of thioether (sulfide) groups is 1. The van der Waals surface area contributed by atoms with Crippen LogP contribution in [0.4, 0.5) is 14.5 Å². The monoisotopic (exact) mass is 409 g/mol. The smallest absolute Gasteiger partial charge is 0.284 e. The highest BCUT2D eigenvalue weighted by Crippen LogP contribution is 2.22. The van der Waals surface area contributed by atoms with E-state index in [0.29, 0.717) is 24.1 Å². The van der Waals surface area contributed by atoms with Gasteiger partial charge in [-0.25, -0.2) is 0 Å². The summed E-state index contributed by atoms with van der Waals surface area (Å²) in [5, 5.41) is 3.28. The molecule has 2 aromatic rings. The van der Waals surface area contributed by atoms with Gasteiger partial charge in [-0.05, 0) is 65.4 Å². The van der Waals surface area contributed by atoms with E-state index < -0.39 is 5.76 Å². The van der Waals surface area contributed by atoms with Gasteiger partial charge in [0.2, 0.25) is 0 Å². The van der Waals surface area contributed by atoms with Crippen molar-refractivity contribution in [3.05, 3.63) is 51.0 Å². The lowest BCUT2D eigenvalue weighted by Crippen LogP contribution is -2.00. The molecule has 0 radical (unpaired) electrons. The van der Waals surface area contributed by atoms with Crippen molar-refractivity contribution in [2.45, 2.75) is 25.0 Å². The van der Waals surface area contributed by atoms with E-state index in [1.165, 1.54) is 3.57 Å². The van der Waals surface area contributed by atoms with Crippen LogP contribution in [-0.4, -0.2) is 5.76 Å². The molecule has 1 N–H and O–H groups in total. The Bertz CT molecular complexity index is 574. The highest BCUT2D eigenvalue weighted by molar-refractivity contribution is 14.1. The number of hydrogen-bond donors (Lipinski definition) is 1. The molecule has 0 spiro atoms. The Morgan fingerprint density at radius 1 is 1.25 bits per heavy atom. The molecular formula is C14H14F2INOS. The summed E-state index contributed by atoms with van der Waals surface area (Å²) in [5.74, 6) is -0.851. The minimum atomic E-state index is -2.36. The van der Waals surface area contributed by atoms with Crippen LogP contribution in [-0.2, 0) is 12.3 Å². The van der Waals surface area contributed by atoms with E-state index >= 15 is 0 Å². The molecule has 0 bridgehead atoms. The van der Waals surface area contributed by atoms with Crippen LogP contribution in [0.15, 0.2) is 34.7 Å². The first kappa shape index (κ1) is 15.6. The van der Waals surface area contributed by atoms with Gasteiger partial charge >= 0.3 is 0 Å². The largest absolute Gasteiger partial charge is 0.463 e. The zero-order valence-corrected chi connectivity index (χ0v) is 13.8. The third kappa shape index (κ3) is 4.66. The number of anilines is 1. The maximum Gasteiger partial charge on any atom is 0.284 e. The van der Waals surface area contributed by atoms with E-state index in [9.17, 15) is 8.78 Å². The van der Waals surface area contributed by atoms with Gasteiger partial charge in [0.05, 0.1) is 12.3 Å². The lowest BCUT2D eigenvalue weighted by Gasteiger charge is -2.08. The van der Waals surface area contributed by atoms with Crippen molar-refractivity contribution in [2.75, 3.05) is 5.32 Å². The second-order valence-corrected chi connectivity index (χ2v) is 6.48. The molecule has 0 fully saturated rings. The number of rotatable bonds is 6. The van der Waals surface area contributed by atoms with Crippen LogP contribution in [0.3, 0.4) is 0 Å². The van der Waals surface area contributed by atoms with Gasteiger partial charge in [0.25, 0.3) is 5.76 Å². The molecule has 0 saturated carbocycles. The molecule has 20 heavy (non-hydrogen) atoms. The van der Waals surface area contributed by atoms with Crippen LogP contribution >= 0.6 is 34.4 Å². The molecule has 108 valence electrons. The fourth-order valence-electron chi connectivity index (χ4n) is 1.75. The normalized spacial score (nSPS) is 11.1. The topological polar surface area (TPSA) is 25.2 Å². The standard InChI is InChI=1S/C14H14F2INOS/c1-9-6-10(17)2-5-13(9)18-7-11-3-4-12(19-11)8-20-14(15)16/h2-6,14,18H,7-8H2,1H3. The summed E-state index contributed by atoms with van der Waals surface area (Å²) in [6.45, 7) is 2.58. The Balaban J connectivity index is 1.90. The molecule has 6 heteroatoms. The van der Waals surface area contributed by atoms with Crippen molar-refractivity contribution >= 4 is 40.0 Å². The van der Waals surface area contributed by atoms with Crippen LogP contribution in [0.1, 0.15) is 17.1 Å². The Hall–Kier alpha value is -0.760. The predicted octanol–water partition coefficient (Wildman–Crippen LogP) is 5.26. The van der Waals surface area contributed by atoms with Gasteiger partial charge in [-0.3, -0.25) is 0 Å². The second-order valence-electron chi connectivity index (χ2n) is 4.25. The van der Waals surface area contributed by atoms with Gasteiger partial charge in [0.1, 0.15) is 11.5 Å². The predicted molar refractivity (Wildman–Crippen MR) is 87.2 cm³/mol. The number of furan rings is 1. The third-order valence-corrected chi connectivity index (χ3v) is 4.08. The molecule has 0 saturated heterocycles. The number of aryl methyl sites for hydroxylation is 1. The van der Waals surface area contributed by atoms with E-state index in [2.05, 4.69) is 34.0 Å². The number of hydrogen-bond acceptors (Lipinski definition) is 3. The number of benzene rings is 1. The molecule has 2 nitrogen and oxygen atoms in total. The summed E-state index contributed by atoms with van der Waals surface area (Å²) >= 11 is 2.84. The minimum absolute atomic E-state index is 0.195. The first-order valence-corrected chi connectivity index (χ1v) is 8.14. The van der Waals surface area contributed by atoms with Gasteiger partial charge < -0.3 is 9.73 Å². The third-order valence-electron chi connectivity index (χ3n) is 2.71. The molecule has 2 rings (SSSR count). The Morgan fingerprint density at radius 3 is 2.70 bits per heavy atom.